The zero-order chi connectivity index (χ0) is 18.7. The van der Waals surface area contributed by atoms with E-state index < -0.39 is 18.1 Å². The molecule has 0 radical (unpaired) electrons. The molecule has 1 unspecified atom stereocenters. The molecule has 0 saturated heterocycles. The topological polar surface area (TPSA) is 66.8 Å². The Kier molecular flexibility index (Phi) is 4.94. The van der Waals surface area contributed by atoms with Crippen LogP contribution in [0.1, 0.15) is 23.5 Å². The number of carbonyl (C=O) groups is 2. The van der Waals surface area contributed by atoms with Crippen molar-refractivity contribution in [1.82, 2.24) is 4.90 Å². The Hall–Kier alpha value is -3.26. The number of benzene rings is 2. The fraction of sp³-hybridized carbons (Fsp3) is 0.238. The number of ether oxygens (including phenoxy) is 1. The first-order valence-electron chi connectivity index (χ1n) is 8.28. The number of carbonyl (C=O) groups excluding carboxylic acids is 1. The molecule has 0 aliphatic heterocycles. The number of nitrogens with zero attached hydrogens (tertiary/aromatic N) is 1. The lowest BCUT2D eigenvalue weighted by Gasteiger charge is -2.24. The average Bonchev–Trinajstić information content (AvgIpc) is 2.97. The monoisotopic (exact) mass is 349 g/mol. The number of amides is 1. The highest BCUT2D eigenvalue weighted by atomic mass is 16.6. The standard InChI is InChI=1S/C21H19NO4/c1-3-8-19(20(23)24)22(2)21(25)26-13-18-16-11-6-4-9-14(16)15-10-5-7-12-17(15)18/h1,4-7,9-12,18-19H,8,13H2,2H3,(H,23,24). The lowest BCUT2D eigenvalue weighted by atomic mass is 9.98. The Balaban J connectivity index is 1.77. The van der Waals surface area contributed by atoms with Crippen molar-refractivity contribution < 1.29 is 19.4 Å². The molecule has 0 saturated carbocycles. The summed E-state index contributed by atoms with van der Waals surface area (Å²) in [7, 11) is 1.38. The number of terminal acetylenes is 1. The van der Waals surface area contributed by atoms with Crippen molar-refractivity contribution in [2.45, 2.75) is 18.4 Å². The van der Waals surface area contributed by atoms with E-state index in [1.165, 1.54) is 7.05 Å². The van der Waals surface area contributed by atoms with Gasteiger partial charge in [-0.25, -0.2) is 9.59 Å². The number of likely N-dealkylation sites (N-methyl/N-ethyl adjacent to an activating group) is 1. The molecule has 2 aromatic rings. The van der Waals surface area contributed by atoms with E-state index in [0.717, 1.165) is 27.2 Å². The van der Waals surface area contributed by atoms with Gasteiger partial charge in [0.2, 0.25) is 0 Å². The van der Waals surface area contributed by atoms with Crippen LogP contribution >= 0.6 is 0 Å². The van der Waals surface area contributed by atoms with Crippen LogP contribution in [0.2, 0.25) is 0 Å². The molecule has 132 valence electrons. The quantitative estimate of drug-likeness (QED) is 0.841. The lowest BCUT2D eigenvalue weighted by molar-refractivity contribution is -0.142. The third-order valence-corrected chi connectivity index (χ3v) is 4.69. The number of carboxylic acids is 1. The molecular weight excluding hydrogens is 330 g/mol. The highest BCUT2D eigenvalue weighted by Crippen LogP contribution is 2.44. The number of hydrogen-bond acceptors (Lipinski definition) is 3. The van der Waals surface area contributed by atoms with E-state index in [9.17, 15) is 14.7 Å². The van der Waals surface area contributed by atoms with E-state index in [0.29, 0.717) is 0 Å². The SMILES string of the molecule is C#CCC(C(=O)O)N(C)C(=O)OCC1c2ccccc2-c2ccccc21. The van der Waals surface area contributed by atoms with Crippen LogP contribution in [0.5, 0.6) is 0 Å². The van der Waals surface area contributed by atoms with Crippen molar-refractivity contribution in [1.29, 1.82) is 0 Å². The molecule has 1 aliphatic carbocycles. The molecule has 0 spiro atoms. The number of rotatable bonds is 5. The summed E-state index contributed by atoms with van der Waals surface area (Å²) < 4.78 is 5.43. The summed E-state index contributed by atoms with van der Waals surface area (Å²) in [5.41, 5.74) is 4.46. The van der Waals surface area contributed by atoms with Gasteiger partial charge in [0.05, 0.1) is 0 Å². The second kappa shape index (κ2) is 7.32. The summed E-state index contributed by atoms with van der Waals surface area (Å²) in [6.45, 7) is 0.138. The maximum Gasteiger partial charge on any atom is 0.410 e. The van der Waals surface area contributed by atoms with Gasteiger partial charge < -0.3 is 9.84 Å². The van der Waals surface area contributed by atoms with Gasteiger partial charge in [-0.1, -0.05) is 48.5 Å². The predicted octanol–water partition coefficient (Wildman–Crippen LogP) is 3.34. The summed E-state index contributed by atoms with van der Waals surface area (Å²) in [5.74, 6) is 1.05. The van der Waals surface area contributed by atoms with Gasteiger partial charge in [0.15, 0.2) is 0 Å². The maximum absolute atomic E-state index is 12.3. The molecule has 3 rings (SSSR count). The van der Waals surface area contributed by atoms with Gasteiger partial charge in [-0.2, -0.15) is 0 Å². The minimum absolute atomic E-state index is 0.0734. The zero-order valence-electron chi connectivity index (χ0n) is 14.4. The number of hydrogen-bond donors (Lipinski definition) is 1. The van der Waals surface area contributed by atoms with Crippen LogP contribution in [0.25, 0.3) is 11.1 Å². The van der Waals surface area contributed by atoms with Crippen LogP contribution < -0.4 is 0 Å². The Morgan fingerprint density at radius 2 is 1.69 bits per heavy atom. The maximum atomic E-state index is 12.3. The van der Waals surface area contributed by atoms with Crippen molar-refractivity contribution in [2.24, 2.45) is 0 Å². The molecular formula is C21H19NO4. The van der Waals surface area contributed by atoms with Gasteiger partial charge in [0.1, 0.15) is 12.6 Å². The average molecular weight is 349 g/mol. The molecule has 0 fully saturated rings. The Bertz CT molecular complexity index is 838. The van der Waals surface area contributed by atoms with E-state index in [1.54, 1.807) is 0 Å². The summed E-state index contributed by atoms with van der Waals surface area (Å²) >= 11 is 0. The largest absolute Gasteiger partial charge is 0.480 e. The number of fused-ring (bicyclic) bond motifs is 3. The van der Waals surface area contributed by atoms with Crippen LogP contribution in [0, 0.1) is 12.3 Å². The van der Waals surface area contributed by atoms with Gasteiger partial charge in [0.25, 0.3) is 0 Å². The fourth-order valence-electron chi connectivity index (χ4n) is 3.32. The van der Waals surface area contributed by atoms with Crippen LogP contribution in [-0.4, -0.2) is 41.8 Å². The lowest BCUT2D eigenvalue weighted by Crippen LogP contribution is -2.42. The fourth-order valence-corrected chi connectivity index (χ4v) is 3.32. The molecule has 1 aliphatic rings. The van der Waals surface area contributed by atoms with Crippen molar-refractivity contribution in [3.05, 3.63) is 59.7 Å². The van der Waals surface area contributed by atoms with Crippen molar-refractivity contribution in [3.63, 3.8) is 0 Å². The van der Waals surface area contributed by atoms with Crippen molar-refractivity contribution in [2.75, 3.05) is 13.7 Å². The number of carboxylic acid groups (broad SMARTS) is 1. The molecule has 0 bridgehead atoms. The van der Waals surface area contributed by atoms with Gasteiger partial charge in [-0.15, -0.1) is 12.3 Å². The smallest absolute Gasteiger partial charge is 0.410 e. The molecule has 0 heterocycles. The van der Waals surface area contributed by atoms with Crippen LogP contribution in [-0.2, 0) is 9.53 Å². The van der Waals surface area contributed by atoms with Gasteiger partial charge in [0, 0.05) is 19.4 Å². The molecule has 1 N–H and O–H groups in total. The highest BCUT2D eigenvalue weighted by Gasteiger charge is 2.31. The minimum Gasteiger partial charge on any atom is -0.480 e. The summed E-state index contributed by atoms with van der Waals surface area (Å²) in [6.07, 6.45) is 4.42. The molecule has 0 aromatic heterocycles. The second-order valence-corrected chi connectivity index (χ2v) is 6.18. The highest BCUT2D eigenvalue weighted by molar-refractivity contribution is 5.81. The third kappa shape index (κ3) is 3.14. The van der Waals surface area contributed by atoms with Gasteiger partial charge in [-0.05, 0) is 22.3 Å². The van der Waals surface area contributed by atoms with Crippen molar-refractivity contribution in [3.8, 4) is 23.5 Å². The Morgan fingerprint density at radius 3 is 2.19 bits per heavy atom. The third-order valence-electron chi connectivity index (χ3n) is 4.69. The van der Waals surface area contributed by atoms with E-state index >= 15 is 0 Å². The van der Waals surface area contributed by atoms with E-state index in [4.69, 9.17) is 11.2 Å². The normalized spacial score (nSPS) is 13.2. The zero-order valence-corrected chi connectivity index (χ0v) is 14.4. The van der Waals surface area contributed by atoms with Crippen LogP contribution in [0.4, 0.5) is 4.79 Å². The van der Waals surface area contributed by atoms with E-state index in [2.05, 4.69) is 18.1 Å². The minimum atomic E-state index is -1.15. The molecule has 1 atom stereocenters. The summed E-state index contributed by atoms with van der Waals surface area (Å²) in [6, 6.07) is 14.9. The molecule has 2 aromatic carbocycles. The second-order valence-electron chi connectivity index (χ2n) is 6.18. The Labute approximate surface area is 152 Å². The first-order chi connectivity index (χ1) is 12.5. The van der Waals surface area contributed by atoms with Crippen molar-refractivity contribution >= 4 is 12.1 Å². The van der Waals surface area contributed by atoms with Crippen LogP contribution in [0.15, 0.2) is 48.5 Å². The molecule has 5 heteroatoms. The molecule has 1 amide bonds. The Morgan fingerprint density at radius 1 is 1.15 bits per heavy atom. The molecule has 5 nitrogen and oxygen atoms in total. The first-order valence-corrected chi connectivity index (χ1v) is 8.28. The summed E-state index contributed by atoms with van der Waals surface area (Å²) in [4.78, 5) is 24.6. The molecule has 26 heavy (non-hydrogen) atoms. The van der Waals surface area contributed by atoms with Crippen LogP contribution in [0.3, 0.4) is 0 Å². The first kappa shape index (κ1) is 17.6. The van der Waals surface area contributed by atoms with E-state index in [-0.39, 0.29) is 18.9 Å². The number of aliphatic carboxylic acids is 1. The van der Waals surface area contributed by atoms with Gasteiger partial charge >= 0.3 is 12.1 Å². The predicted molar refractivity (Wildman–Crippen MR) is 97.7 cm³/mol. The van der Waals surface area contributed by atoms with E-state index in [1.807, 2.05) is 36.4 Å². The van der Waals surface area contributed by atoms with Gasteiger partial charge in [-0.3, -0.25) is 4.90 Å². The summed E-state index contributed by atoms with van der Waals surface area (Å²) in [5, 5.41) is 9.22.